The Kier molecular flexibility index (Phi) is 8.05. The number of nitrogens with two attached hydrogens (primary N) is 1. The van der Waals surface area contributed by atoms with Crippen LogP contribution in [0.15, 0.2) is 0 Å². The Morgan fingerprint density at radius 1 is 0.810 bits per heavy atom. The van der Waals surface area contributed by atoms with Gasteiger partial charge in [0.2, 0.25) is 0 Å². The molecule has 4 atom stereocenters. The number of nitrogens with one attached hydrogen (secondary N) is 2. The molecule has 0 aromatic heterocycles. The van der Waals surface area contributed by atoms with E-state index in [1.54, 1.807) is 0 Å². The van der Waals surface area contributed by atoms with Crippen molar-refractivity contribution in [2.75, 3.05) is 6.54 Å². The van der Waals surface area contributed by atoms with Crippen molar-refractivity contribution < 1.29 is 0 Å². The van der Waals surface area contributed by atoms with Crippen LogP contribution in [-0.2, 0) is 0 Å². The van der Waals surface area contributed by atoms with E-state index in [-0.39, 0.29) is 0 Å². The molecule has 2 fully saturated rings. The number of hydrogen-bond acceptors (Lipinski definition) is 3. The molecule has 0 aromatic carbocycles. The van der Waals surface area contributed by atoms with Crippen molar-refractivity contribution in [3.8, 4) is 0 Å². The van der Waals surface area contributed by atoms with Crippen LogP contribution in [0, 0.1) is 0 Å². The van der Waals surface area contributed by atoms with Crippen molar-refractivity contribution in [2.45, 2.75) is 108 Å². The van der Waals surface area contributed by atoms with Gasteiger partial charge in [0.15, 0.2) is 0 Å². The van der Waals surface area contributed by atoms with Crippen LogP contribution in [0.4, 0.5) is 0 Å². The van der Waals surface area contributed by atoms with Gasteiger partial charge in [-0.2, -0.15) is 0 Å². The summed E-state index contributed by atoms with van der Waals surface area (Å²) in [6.07, 6.45) is 16.0. The van der Waals surface area contributed by atoms with E-state index in [9.17, 15) is 0 Å². The first kappa shape index (κ1) is 17.2. The Labute approximate surface area is 131 Å². The molecule has 0 heterocycles. The van der Waals surface area contributed by atoms with E-state index in [4.69, 9.17) is 5.73 Å². The molecule has 0 bridgehead atoms. The largest absolute Gasteiger partial charge is 0.326 e. The van der Waals surface area contributed by atoms with E-state index in [0.717, 1.165) is 0 Å². The Morgan fingerprint density at radius 3 is 2.19 bits per heavy atom. The predicted octanol–water partition coefficient (Wildman–Crippen LogP) is 3.33. The lowest BCUT2D eigenvalue weighted by atomic mass is 9.86. The summed E-state index contributed by atoms with van der Waals surface area (Å²) in [5.74, 6) is 0. The lowest BCUT2D eigenvalue weighted by Crippen LogP contribution is -2.57. The van der Waals surface area contributed by atoms with Crippen molar-refractivity contribution in [1.82, 2.24) is 10.6 Å². The van der Waals surface area contributed by atoms with Crippen LogP contribution in [0.2, 0.25) is 0 Å². The van der Waals surface area contributed by atoms with E-state index in [2.05, 4.69) is 17.6 Å². The minimum absolute atomic E-state index is 0.380. The summed E-state index contributed by atoms with van der Waals surface area (Å²) < 4.78 is 0. The highest BCUT2D eigenvalue weighted by Crippen LogP contribution is 2.23. The lowest BCUT2D eigenvalue weighted by molar-refractivity contribution is 0.226. The summed E-state index contributed by atoms with van der Waals surface area (Å²) in [5, 5.41) is 7.75. The zero-order valence-corrected chi connectivity index (χ0v) is 14.1. The molecule has 0 aromatic rings. The third-order valence-corrected chi connectivity index (χ3v) is 5.45. The standard InChI is InChI=1S/C18H37N3/c1-2-3-4-9-14-20-17-12-7-8-13-18(17)21-16-11-6-5-10-15(16)19/h15-18,20-21H,2-14,19H2,1H3. The van der Waals surface area contributed by atoms with Crippen LogP contribution < -0.4 is 16.4 Å². The molecule has 2 aliphatic carbocycles. The molecule has 2 rings (SSSR count). The first-order valence-corrected chi connectivity index (χ1v) is 9.56. The molecule has 3 heteroatoms. The van der Waals surface area contributed by atoms with Crippen LogP contribution >= 0.6 is 0 Å². The highest BCUT2D eigenvalue weighted by molar-refractivity contribution is 4.92. The van der Waals surface area contributed by atoms with Gasteiger partial charge in [-0.15, -0.1) is 0 Å². The van der Waals surface area contributed by atoms with E-state index >= 15 is 0 Å². The number of rotatable bonds is 8. The van der Waals surface area contributed by atoms with Crippen LogP contribution in [0.25, 0.3) is 0 Å². The quantitative estimate of drug-likeness (QED) is 0.602. The molecule has 21 heavy (non-hydrogen) atoms. The smallest absolute Gasteiger partial charge is 0.0224 e. The summed E-state index contributed by atoms with van der Waals surface area (Å²) in [6.45, 7) is 3.47. The first-order valence-electron chi connectivity index (χ1n) is 9.56. The summed E-state index contributed by atoms with van der Waals surface area (Å²) >= 11 is 0. The molecule has 4 unspecified atom stereocenters. The van der Waals surface area contributed by atoms with E-state index in [0.29, 0.717) is 24.2 Å². The average molecular weight is 296 g/mol. The fourth-order valence-corrected chi connectivity index (χ4v) is 4.06. The Balaban J connectivity index is 1.72. The van der Waals surface area contributed by atoms with E-state index in [1.807, 2.05) is 0 Å². The topological polar surface area (TPSA) is 50.1 Å². The third kappa shape index (κ3) is 5.88. The van der Waals surface area contributed by atoms with Gasteiger partial charge in [0.1, 0.15) is 0 Å². The maximum Gasteiger partial charge on any atom is 0.0224 e. The zero-order valence-electron chi connectivity index (χ0n) is 14.1. The van der Waals surface area contributed by atoms with Gasteiger partial charge in [-0.05, 0) is 38.6 Å². The molecule has 4 N–H and O–H groups in total. The molecule has 124 valence electrons. The Hall–Kier alpha value is -0.120. The van der Waals surface area contributed by atoms with Crippen molar-refractivity contribution >= 4 is 0 Å². The normalized spacial score (nSPS) is 34.0. The molecule has 0 aliphatic heterocycles. The Bertz CT molecular complexity index is 269. The average Bonchev–Trinajstić information content (AvgIpc) is 2.51. The van der Waals surface area contributed by atoms with Crippen LogP contribution in [0.3, 0.4) is 0 Å². The van der Waals surface area contributed by atoms with E-state index in [1.165, 1.54) is 83.6 Å². The van der Waals surface area contributed by atoms with Gasteiger partial charge in [-0.25, -0.2) is 0 Å². The maximum absolute atomic E-state index is 6.31. The van der Waals surface area contributed by atoms with Gasteiger partial charge in [0, 0.05) is 24.2 Å². The summed E-state index contributed by atoms with van der Waals surface area (Å²) in [6, 6.07) is 2.27. The van der Waals surface area contributed by atoms with Gasteiger partial charge in [-0.1, -0.05) is 51.9 Å². The van der Waals surface area contributed by atoms with Gasteiger partial charge >= 0.3 is 0 Å². The minimum Gasteiger partial charge on any atom is -0.326 e. The molecule has 2 aliphatic rings. The van der Waals surface area contributed by atoms with Gasteiger partial charge < -0.3 is 16.4 Å². The molecule has 0 saturated heterocycles. The number of hydrogen-bond donors (Lipinski definition) is 3. The second-order valence-electron chi connectivity index (χ2n) is 7.23. The van der Waals surface area contributed by atoms with Crippen molar-refractivity contribution in [1.29, 1.82) is 0 Å². The number of unbranched alkanes of at least 4 members (excludes halogenated alkanes) is 3. The molecule has 0 radical (unpaired) electrons. The molecule has 0 spiro atoms. The molecule has 3 nitrogen and oxygen atoms in total. The monoisotopic (exact) mass is 295 g/mol. The summed E-state index contributed by atoms with van der Waals surface area (Å²) in [4.78, 5) is 0. The summed E-state index contributed by atoms with van der Waals surface area (Å²) in [5.41, 5.74) is 6.31. The fraction of sp³-hybridized carbons (Fsp3) is 1.00. The molecular formula is C18H37N3. The zero-order chi connectivity index (χ0) is 14.9. The minimum atomic E-state index is 0.380. The third-order valence-electron chi connectivity index (χ3n) is 5.45. The highest BCUT2D eigenvalue weighted by atomic mass is 15.1. The fourth-order valence-electron chi connectivity index (χ4n) is 4.06. The SMILES string of the molecule is CCCCCCNC1CCCCC1NC1CCCCC1N. The van der Waals surface area contributed by atoms with Crippen molar-refractivity contribution in [3.05, 3.63) is 0 Å². The second-order valence-corrected chi connectivity index (χ2v) is 7.23. The van der Waals surface area contributed by atoms with E-state index < -0.39 is 0 Å². The van der Waals surface area contributed by atoms with Crippen LogP contribution in [-0.4, -0.2) is 30.7 Å². The van der Waals surface area contributed by atoms with Crippen LogP contribution in [0.5, 0.6) is 0 Å². The molecule has 0 amide bonds. The van der Waals surface area contributed by atoms with Crippen LogP contribution in [0.1, 0.15) is 84.0 Å². The summed E-state index contributed by atoms with van der Waals surface area (Å²) in [7, 11) is 0. The predicted molar refractivity (Wildman–Crippen MR) is 91.6 cm³/mol. The maximum atomic E-state index is 6.31. The van der Waals surface area contributed by atoms with Crippen molar-refractivity contribution in [3.63, 3.8) is 0 Å². The second kappa shape index (κ2) is 9.81. The first-order chi connectivity index (χ1) is 10.3. The van der Waals surface area contributed by atoms with Gasteiger partial charge in [0.05, 0.1) is 0 Å². The van der Waals surface area contributed by atoms with Crippen molar-refractivity contribution in [2.24, 2.45) is 5.73 Å². The molecule has 2 saturated carbocycles. The molecular weight excluding hydrogens is 258 g/mol. The lowest BCUT2D eigenvalue weighted by Gasteiger charge is -2.39. The van der Waals surface area contributed by atoms with Gasteiger partial charge in [-0.3, -0.25) is 0 Å². The highest BCUT2D eigenvalue weighted by Gasteiger charge is 2.29. The van der Waals surface area contributed by atoms with Gasteiger partial charge in [0.25, 0.3) is 0 Å². The Morgan fingerprint density at radius 2 is 1.48 bits per heavy atom.